The molecule has 0 atom stereocenters. The lowest BCUT2D eigenvalue weighted by Crippen LogP contribution is -2.45. The maximum absolute atomic E-state index is 11.3. The molecule has 3 nitrogen and oxygen atoms in total. The van der Waals surface area contributed by atoms with Crippen LogP contribution in [0.25, 0.3) is 0 Å². The van der Waals surface area contributed by atoms with Crippen LogP contribution in [0.15, 0.2) is 0 Å². The molecule has 0 bridgehead atoms. The molecule has 0 spiro atoms. The highest BCUT2D eigenvalue weighted by Gasteiger charge is 2.32. The minimum atomic E-state index is 0. The zero-order valence-electron chi connectivity index (χ0n) is 8.88. The van der Waals surface area contributed by atoms with Gasteiger partial charge in [-0.05, 0) is 38.1 Å². The molecule has 0 aromatic carbocycles. The molecule has 3 heteroatoms. The van der Waals surface area contributed by atoms with Crippen LogP contribution in [0.5, 0.6) is 0 Å². The van der Waals surface area contributed by atoms with Crippen molar-refractivity contribution in [1.29, 1.82) is 0 Å². The monoisotopic (exact) mass is 200 g/mol. The second-order valence-electron chi connectivity index (χ2n) is 4.61. The van der Waals surface area contributed by atoms with Crippen LogP contribution in [0, 0.1) is 11.8 Å². The first-order valence-electron chi connectivity index (χ1n) is 5.80. The number of hydrogen-bond donors (Lipinski definition) is 2. The highest BCUT2D eigenvalue weighted by Crippen LogP contribution is 2.30. The van der Waals surface area contributed by atoms with Crippen molar-refractivity contribution in [3.05, 3.63) is 0 Å². The van der Waals surface area contributed by atoms with Gasteiger partial charge in [-0.15, -0.1) is 0 Å². The fourth-order valence-corrected chi connectivity index (χ4v) is 2.09. The van der Waals surface area contributed by atoms with E-state index in [1.807, 2.05) is 0 Å². The van der Waals surface area contributed by atoms with Crippen molar-refractivity contribution < 1.29 is 7.65 Å². The summed E-state index contributed by atoms with van der Waals surface area (Å²) in [5.41, 5.74) is 0. The van der Waals surface area contributed by atoms with Crippen LogP contribution < -0.4 is 10.6 Å². The summed E-state index contributed by atoms with van der Waals surface area (Å²) in [5, 5.41) is 6.46. The van der Waals surface area contributed by atoms with E-state index in [-0.39, 0.29) is 8.76 Å². The molecule has 0 aliphatic heterocycles. The zero-order chi connectivity index (χ0) is 9.97. The van der Waals surface area contributed by atoms with Crippen LogP contribution >= 0.6 is 0 Å². The molecule has 2 N–H and O–H groups in total. The zero-order valence-corrected chi connectivity index (χ0v) is 8.88. The molecular formula is C11H24N2O. The number of hydrogen-bond acceptors (Lipinski definition) is 2. The quantitative estimate of drug-likeness (QED) is 0.704. The molecule has 0 saturated heterocycles. The lowest BCUT2D eigenvalue weighted by molar-refractivity contribution is -0.122. The van der Waals surface area contributed by atoms with Gasteiger partial charge in [0.05, 0.1) is 0 Å². The first-order chi connectivity index (χ1) is 6.79. The number of rotatable bonds is 5. The summed E-state index contributed by atoms with van der Waals surface area (Å²) in [6.07, 6.45) is 4.69. The second-order valence-corrected chi connectivity index (χ2v) is 4.61. The smallest absolute Gasteiger partial charge is 0.223 e. The molecule has 1 amide bonds. The number of nitrogens with one attached hydrogen (secondary N) is 2. The van der Waals surface area contributed by atoms with Crippen LogP contribution in [0.1, 0.15) is 35.5 Å². The molecule has 2 aliphatic rings. The number of amides is 1. The van der Waals surface area contributed by atoms with Crippen molar-refractivity contribution in [3.8, 4) is 0 Å². The van der Waals surface area contributed by atoms with Crippen molar-refractivity contribution in [3.63, 3.8) is 0 Å². The average molecular weight is 200 g/mol. The molecule has 0 radical (unpaired) electrons. The van der Waals surface area contributed by atoms with Gasteiger partial charge >= 0.3 is 0 Å². The van der Waals surface area contributed by atoms with Crippen LogP contribution in [-0.2, 0) is 4.79 Å². The first-order valence-corrected chi connectivity index (χ1v) is 5.80. The van der Waals surface area contributed by atoms with E-state index < -0.39 is 0 Å². The lowest BCUT2D eigenvalue weighted by Gasteiger charge is -2.35. The summed E-state index contributed by atoms with van der Waals surface area (Å²) in [5.74, 6) is 1.37. The third-order valence-electron chi connectivity index (χ3n) is 3.24. The van der Waals surface area contributed by atoms with Gasteiger partial charge in [-0.25, -0.2) is 0 Å². The Bertz CT molecular complexity index is 216. The Morgan fingerprint density at radius 1 is 1.43 bits per heavy atom. The Morgan fingerprint density at radius 3 is 2.71 bits per heavy atom. The molecule has 0 unspecified atom stereocenters. The van der Waals surface area contributed by atoms with Crippen molar-refractivity contribution in [2.45, 2.75) is 38.6 Å². The number of carbonyl (C=O) groups is 1. The highest BCUT2D eigenvalue weighted by atomic mass is 16.2. The van der Waals surface area contributed by atoms with Crippen molar-refractivity contribution in [2.24, 2.45) is 11.8 Å². The Kier molecular flexibility index (Phi) is 3.06. The third-order valence-corrected chi connectivity index (χ3v) is 3.24. The van der Waals surface area contributed by atoms with E-state index in [1.54, 1.807) is 0 Å². The van der Waals surface area contributed by atoms with Gasteiger partial charge in [0.1, 0.15) is 0 Å². The van der Waals surface area contributed by atoms with E-state index in [0.29, 0.717) is 12.0 Å². The summed E-state index contributed by atoms with van der Waals surface area (Å²) in [7, 11) is 0. The fraction of sp³-hybridized carbons (Fsp3) is 0.909. The third kappa shape index (κ3) is 2.47. The minimum Gasteiger partial charge on any atom is -0.356 e. The Balaban J connectivity index is 0.00000112. The van der Waals surface area contributed by atoms with E-state index >= 15 is 0 Å². The Labute approximate surface area is 88.6 Å². The predicted octanol–water partition coefficient (Wildman–Crippen LogP) is 1.39. The van der Waals surface area contributed by atoms with Gasteiger partial charge < -0.3 is 10.6 Å². The summed E-state index contributed by atoms with van der Waals surface area (Å²) in [6, 6.07) is 0.711. The Hall–Kier alpha value is -0.570. The SMILES string of the molecule is CCNC1CC(CNC(=O)C2CC2)C1.[HH].[HH]. The van der Waals surface area contributed by atoms with Crippen LogP contribution in [-0.4, -0.2) is 25.0 Å². The molecule has 84 valence electrons. The van der Waals surface area contributed by atoms with Crippen molar-refractivity contribution >= 4 is 5.91 Å². The van der Waals surface area contributed by atoms with E-state index in [9.17, 15) is 4.79 Å². The van der Waals surface area contributed by atoms with Crippen molar-refractivity contribution in [2.75, 3.05) is 13.1 Å². The Morgan fingerprint density at radius 2 is 2.14 bits per heavy atom. The molecule has 0 aromatic rings. The topological polar surface area (TPSA) is 41.1 Å². The normalized spacial score (nSPS) is 30.9. The standard InChI is InChI=1S/C11H20N2O.2H2/c1-2-12-10-5-8(6-10)7-13-11(14)9-3-4-9;;/h8-10,12H,2-7H2,1H3,(H,13,14);2*1H. The molecular weight excluding hydrogens is 176 g/mol. The summed E-state index contributed by atoms with van der Waals surface area (Å²) < 4.78 is 0. The van der Waals surface area contributed by atoms with E-state index in [0.717, 1.165) is 31.8 Å². The van der Waals surface area contributed by atoms with Crippen LogP contribution in [0.4, 0.5) is 0 Å². The van der Waals surface area contributed by atoms with Gasteiger partial charge in [-0.2, -0.15) is 0 Å². The van der Waals surface area contributed by atoms with E-state index in [2.05, 4.69) is 17.6 Å². The largest absolute Gasteiger partial charge is 0.356 e. The van der Waals surface area contributed by atoms with Gasteiger partial charge in [-0.1, -0.05) is 6.92 Å². The molecule has 0 heterocycles. The molecule has 14 heavy (non-hydrogen) atoms. The molecule has 2 aliphatic carbocycles. The summed E-state index contributed by atoms with van der Waals surface area (Å²) in [4.78, 5) is 11.3. The number of carbonyl (C=O) groups excluding carboxylic acids is 1. The van der Waals surface area contributed by atoms with Gasteiger partial charge in [0.25, 0.3) is 0 Å². The first kappa shape index (κ1) is 9.97. The van der Waals surface area contributed by atoms with Gasteiger partial charge in [0.15, 0.2) is 0 Å². The molecule has 2 fully saturated rings. The van der Waals surface area contributed by atoms with Crippen LogP contribution in [0.3, 0.4) is 0 Å². The van der Waals surface area contributed by atoms with Crippen molar-refractivity contribution in [1.82, 2.24) is 10.6 Å². The maximum atomic E-state index is 11.3. The summed E-state index contributed by atoms with van der Waals surface area (Å²) >= 11 is 0. The van der Waals surface area contributed by atoms with Crippen LogP contribution in [0.2, 0.25) is 0 Å². The second kappa shape index (κ2) is 4.30. The van der Waals surface area contributed by atoms with Gasteiger partial charge in [0.2, 0.25) is 5.91 Å². The predicted molar refractivity (Wildman–Crippen MR) is 60.2 cm³/mol. The average Bonchev–Trinajstić information content (AvgIpc) is 2.90. The minimum absolute atomic E-state index is 0. The molecule has 0 aromatic heterocycles. The van der Waals surface area contributed by atoms with Gasteiger partial charge in [-0.3, -0.25) is 4.79 Å². The van der Waals surface area contributed by atoms with E-state index in [1.165, 1.54) is 12.8 Å². The lowest BCUT2D eigenvalue weighted by atomic mass is 9.80. The summed E-state index contributed by atoms with van der Waals surface area (Å²) in [6.45, 7) is 4.10. The fourth-order valence-electron chi connectivity index (χ4n) is 2.09. The molecule has 2 saturated carbocycles. The van der Waals surface area contributed by atoms with E-state index in [4.69, 9.17) is 0 Å². The van der Waals surface area contributed by atoms with Gasteiger partial charge in [0, 0.05) is 21.4 Å². The highest BCUT2D eigenvalue weighted by molar-refractivity contribution is 5.80. The molecule has 2 rings (SSSR count). The maximum Gasteiger partial charge on any atom is 0.223 e.